The Kier molecular flexibility index (Phi) is 4.15. The monoisotopic (exact) mass is 392 g/mol. The van der Waals surface area contributed by atoms with Crippen LogP contribution in [-0.2, 0) is 14.3 Å². The number of allylic oxidation sites excluding steroid dienone is 2. The van der Waals surface area contributed by atoms with Crippen LogP contribution in [0, 0.1) is 0 Å². The average Bonchev–Trinajstić information content (AvgIpc) is 3.33. The van der Waals surface area contributed by atoms with E-state index in [-0.39, 0.29) is 24.5 Å². The molecule has 4 aliphatic heterocycles. The fraction of sp³-hybridized carbons (Fsp3) is 0.632. The molecule has 5 aliphatic rings. The van der Waals surface area contributed by atoms with Gasteiger partial charge in [-0.3, -0.25) is 0 Å². The van der Waals surface area contributed by atoms with Crippen LogP contribution in [0.25, 0.3) is 0 Å². The van der Waals surface area contributed by atoms with Gasteiger partial charge >= 0.3 is 5.97 Å². The highest BCUT2D eigenvalue weighted by molar-refractivity contribution is 5.87. The molecule has 4 heterocycles. The number of carboxylic acids is 1. The van der Waals surface area contributed by atoms with Crippen molar-refractivity contribution in [3.05, 3.63) is 35.1 Å². The summed E-state index contributed by atoms with van der Waals surface area (Å²) in [6.45, 7) is 1.92. The van der Waals surface area contributed by atoms with E-state index in [1.54, 1.807) is 6.20 Å². The number of likely N-dealkylation sites (tertiary alicyclic amines) is 1. The van der Waals surface area contributed by atoms with E-state index in [4.69, 9.17) is 15.2 Å². The zero-order chi connectivity index (χ0) is 19.5. The Bertz CT molecular complexity index is 793. The number of hydrogen-bond donors (Lipinski definition) is 3. The lowest BCUT2D eigenvalue weighted by atomic mass is 9.96. The van der Waals surface area contributed by atoms with Crippen molar-refractivity contribution in [2.75, 3.05) is 26.2 Å². The molecule has 3 atom stereocenters. The van der Waals surface area contributed by atoms with Crippen LogP contribution >= 0.6 is 0 Å². The second kappa shape index (κ2) is 6.47. The third-order valence-corrected chi connectivity index (χ3v) is 6.09. The van der Waals surface area contributed by atoms with Gasteiger partial charge in [-0.25, -0.2) is 9.18 Å². The summed E-state index contributed by atoms with van der Waals surface area (Å²) < 4.78 is 26.8. The molecule has 0 radical (unpaired) electrons. The molecule has 1 saturated carbocycles. The van der Waals surface area contributed by atoms with Crippen molar-refractivity contribution in [2.45, 2.75) is 49.8 Å². The van der Waals surface area contributed by atoms with Crippen LogP contribution in [0.2, 0.25) is 0 Å². The van der Waals surface area contributed by atoms with E-state index in [2.05, 4.69) is 5.32 Å². The molecule has 0 aromatic rings. The van der Waals surface area contributed by atoms with E-state index in [1.165, 1.54) is 6.08 Å². The largest absolute Gasteiger partial charge is 0.478 e. The second-order valence-corrected chi connectivity index (χ2v) is 8.15. The number of fused-ring (bicyclic) bond motifs is 1. The molecular formula is C19H25FN4O4. The molecule has 1 spiro atoms. The Hall–Kier alpha value is -2.10. The van der Waals surface area contributed by atoms with E-state index in [0.717, 1.165) is 18.4 Å². The van der Waals surface area contributed by atoms with Crippen LogP contribution in [0.4, 0.5) is 4.39 Å². The van der Waals surface area contributed by atoms with Gasteiger partial charge in [0.2, 0.25) is 0 Å². The molecule has 4 N–H and O–H groups in total. The number of carboxylic acid groups (broad SMARTS) is 1. The number of hydrogen-bond acceptors (Lipinski definition) is 7. The molecule has 0 aromatic carbocycles. The molecule has 1 aliphatic carbocycles. The minimum Gasteiger partial charge on any atom is -0.478 e. The van der Waals surface area contributed by atoms with Crippen LogP contribution in [-0.4, -0.2) is 71.2 Å². The molecule has 28 heavy (non-hydrogen) atoms. The average molecular weight is 392 g/mol. The van der Waals surface area contributed by atoms with Crippen molar-refractivity contribution < 1.29 is 23.8 Å². The topological polar surface area (TPSA) is 100 Å². The number of nitrogens with zero attached hydrogens (tertiary/aromatic N) is 2. The quantitative estimate of drug-likeness (QED) is 0.639. The van der Waals surface area contributed by atoms with Gasteiger partial charge in [-0.15, -0.1) is 0 Å². The number of carbonyl (C=O) groups is 1. The predicted octanol–water partition coefficient (Wildman–Crippen LogP) is 0.593. The van der Waals surface area contributed by atoms with E-state index < -0.39 is 11.8 Å². The second-order valence-electron chi connectivity index (χ2n) is 8.15. The summed E-state index contributed by atoms with van der Waals surface area (Å²) in [7, 11) is 0. The Morgan fingerprint density at radius 2 is 2.29 bits per heavy atom. The number of rotatable bonds is 4. The van der Waals surface area contributed by atoms with Gasteiger partial charge in [-0.2, -0.15) is 0 Å². The van der Waals surface area contributed by atoms with Gasteiger partial charge in [0.15, 0.2) is 11.6 Å². The molecule has 0 amide bonds. The molecule has 3 fully saturated rings. The summed E-state index contributed by atoms with van der Waals surface area (Å²) in [6, 6.07) is 0.301. The lowest BCUT2D eigenvalue weighted by Crippen LogP contribution is -2.52. The van der Waals surface area contributed by atoms with Crippen molar-refractivity contribution in [2.24, 2.45) is 5.73 Å². The van der Waals surface area contributed by atoms with Gasteiger partial charge in [-0.05, 0) is 24.5 Å². The third-order valence-electron chi connectivity index (χ3n) is 6.09. The summed E-state index contributed by atoms with van der Waals surface area (Å²) in [5.41, 5.74) is 6.73. The molecule has 0 bridgehead atoms. The lowest BCUT2D eigenvalue weighted by molar-refractivity contribution is -0.155. The molecule has 3 unspecified atom stereocenters. The van der Waals surface area contributed by atoms with Gasteiger partial charge in [0, 0.05) is 38.2 Å². The van der Waals surface area contributed by atoms with E-state index in [0.29, 0.717) is 50.1 Å². The summed E-state index contributed by atoms with van der Waals surface area (Å²) in [6.07, 6.45) is 5.81. The first-order valence-corrected chi connectivity index (χ1v) is 9.83. The van der Waals surface area contributed by atoms with Gasteiger partial charge in [0.1, 0.15) is 12.0 Å². The molecule has 5 rings (SSSR count). The maximum Gasteiger partial charge on any atom is 0.333 e. The smallest absolute Gasteiger partial charge is 0.333 e. The number of ether oxygens (including phenoxy) is 2. The summed E-state index contributed by atoms with van der Waals surface area (Å²) in [5.74, 6) is -1.63. The molecule has 0 aromatic heterocycles. The maximum atomic E-state index is 15.0. The van der Waals surface area contributed by atoms with Crippen LogP contribution in [0.15, 0.2) is 35.1 Å². The van der Waals surface area contributed by atoms with Crippen molar-refractivity contribution in [1.82, 2.24) is 15.1 Å². The fourth-order valence-corrected chi connectivity index (χ4v) is 4.49. The number of aliphatic carboxylic acids is 1. The number of nitrogens with one attached hydrogen (secondary N) is 1. The Labute approximate surface area is 162 Å². The Morgan fingerprint density at radius 3 is 2.96 bits per heavy atom. The predicted molar refractivity (Wildman–Crippen MR) is 97.1 cm³/mol. The number of halogens is 1. The summed E-state index contributed by atoms with van der Waals surface area (Å²) >= 11 is 0. The highest BCUT2D eigenvalue weighted by Crippen LogP contribution is 2.40. The molecule has 2 saturated heterocycles. The lowest BCUT2D eigenvalue weighted by Gasteiger charge is -2.42. The molecule has 9 heteroatoms. The van der Waals surface area contributed by atoms with Gasteiger partial charge < -0.3 is 35.4 Å². The van der Waals surface area contributed by atoms with Gasteiger partial charge in [-0.1, -0.05) is 0 Å². The van der Waals surface area contributed by atoms with E-state index in [1.807, 2.05) is 9.80 Å². The first-order valence-electron chi connectivity index (χ1n) is 9.83. The molecule has 8 nitrogen and oxygen atoms in total. The standard InChI is InChI=1S/C19H25FN4O4/c20-15-6-11-5-12(18(25)26)8-24(13-1-2-13)16(11)22-17(15)23-4-3-19(10-23)27-9-14(7-21)28-19/h6,8,13-14,16,22H,1-5,7,9-10,21H2,(H,25,26). The SMILES string of the molecule is NCC1COC2(CCN(C3=C(F)C=C4CC(C(=O)O)=CN(C5CC5)C4N3)C2)O1. The van der Waals surface area contributed by atoms with Crippen LogP contribution in [0.1, 0.15) is 25.7 Å². The highest BCUT2D eigenvalue weighted by Gasteiger charge is 2.48. The summed E-state index contributed by atoms with van der Waals surface area (Å²) in [4.78, 5) is 15.4. The first-order chi connectivity index (χ1) is 13.5. The first kappa shape index (κ1) is 18.0. The van der Waals surface area contributed by atoms with E-state index in [9.17, 15) is 14.3 Å². The normalized spacial score (nSPS) is 35.1. The van der Waals surface area contributed by atoms with E-state index >= 15 is 0 Å². The van der Waals surface area contributed by atoms with Crippen molar-refractivity contribution >= 4 is 5.97 Å². The summed E-state index contributed by atoms with van der Waals surface area (Å²) in [5, 5.41) is 12.7. The molecular weight excluding hydrogens is 367 g/mol. The molecule has 152 valence electrons. The Balaban J connectivity index is 1.38. The maximum absolute atomic E-state index is 15.0. The number of nitrogens with two attached hydrogens (primary N) is 1. The third kappa shape index (κ3) is 2.98. The van der Waals surface area contributed by atoms with Crippen molar-refractivity contribution in [3.63, 3.8) is 0 Å². The van der Waals surface area contributed by atoms with Crippen LogP contribution in [0.5, 0.6) is 0 Å². The fourth-order valence-electron chi connectivity index (χ4n) is 4.49. The van der Waals surface area contributed by atoms with Gasteiger partial charge in [0.25, 0.3) is 0 Å². The minimum absolute atomic E-state index is 0.118. The Morgan fingerprint density at radius 1 is 1.46 bits per heavy atom. The minimum atomic E-state index is -0.952. The highest BCUT2D eigenvalue weighted by atomic mass is 19.1. The van der Waals surface area contributed by atoms with Crippen molar-refractivity contribution in [1.29, 1.82) is 0 Å². The number of dihydropyridines is 1. The zero-order valence-corrected chi connectivity index (χ0v) is 15.6. The zero-order valence-electron chi connectivity index (χ0n) is 15.6. The van der Waals surface area contributed by atoms with Crippen molar-refractivity contribution in [3.8, 4) is 0 Å². The van der Waals surface area contributed by atoms with Gasteiger partial charge in [0.05, 0.1) is 24.8 Å². The van der Waals surface area contributed by atoms with Crippen LogP contribution < -0.4 is 11.1 Å². The van der Waals surface area contributed by atoms with Crippen LogP contribution in [0.3, 0.4) is 0 Å².